The van der Waals surface area contributed by atoms with Gasteiger partial charge in [0.1, 0.15) is 0 Å². The number of rotatable bonds is 5. The molecule has 0 N–H and O–H groups in total. The number of aryl methyl sites for hydroxylation is 1. The van der Waals surface area contributed by atoms with E-state index in [0.29, 0.717) is 37.6 Å². The second-order valence-electron chi connectivity index (χ2n) is 7.47. The predicted molar refractivity (Wildman–Crippen MR) is 106 cm³/mol. The van der Waals surface area contributed by atoms with Gasteiger partial charge in [0.2, 0.25) is 15.9 Å². The molecule has 7 heteroatoms. The maximum Gasteiger partial charge on any atom is 0.243 e. The van der Waals surface area contributed by atoms with E-state index in [1.165, 1.54) is 12.8 Å². The van der Waals surface area contributed by atoms with Crippen molar-refractivity contribution in [2.45, 2.75) is 43.9 Å². The Morgan fingerprint density at radius 1 is 0.889 bits per heavy atom. The summed E-state index contributed by atoms with van der Waals surface area (Å²) in [4.78, 5) is 16.9. The highest BCUT2D eigenvalue weighted by Crippen LogP contribution is 2.19. The lowest BCUT2D eigenvalue weighted by atomic mass is 10.2. The monoisotopic (exact) mass is 393 g/mol. The van der Waals surface area contributed by atoms with E-state index < -0.39 is 10.0 Å². The van der Waals surface area contributed by atoms with Crippen molar-refractivity contribution in [2.24, 2.45) is 0 Å². The standard InChI is InChI=1S/C20H31N3O3S/c1-2-18-7-9-19(10-8-18)27(25,26)23-15-13-21(14-16-23)17-20(24)22-11-5-3-4-6-12-22/h7-10H,2-6,11-17H2,1H3. The van der Waals surface area contributed by atoms with Crippen molar-refractivity contribution in [3.05, 3.63) is 29.8 Å². The molecule has 27 heavy (non-hydrogen) atoms. The van der Waals surface area contributed by atoms with Crippen LogP contribution in [0.15, 0.2) is 29.2 Å². The van der Waals surface area contributed by atoms with E-state index >= 15 is 0 Å². The van der Waals surface area contributed by atoms with Crippen LogP contribution in [0.1, 0.15) is 38.2 Å². The fourth-order valence-electron chi connectivity index (χ4n) is 3.79. The van der Waals surface area contributed by atoms with E-state index in [4.69, 9.17) is 0 Å². The minimum Gasteiger partial charge on any atom is -0.342 e. The summed E-state index contributed by atoms with van der Waals surface area (Å²) < 4.78 is 27.2. The van der Waals surface area contributed by atoms with Gasteiger partial charge in [0.25, 0.3) is 0 Å². The van der Waals surface area contributed by atoms with Gasteiger partial charge in [-0.3, -0.25) is 9.69 Å². The molecular formula is C20H31N3O3S. The van der Waals surface area contributed by atoms with Crippen LogP contribution in [-0.2, 0) is 21.2 Å². The molecule has 2 aliphatic rings. The van der Waals surface area contributed by atoms with Gasteiger partial charge in [-0.15, -0.1) is 0 Å². The van der Waals surface area contributed by atoms with Gasteiger partial charge in [-0.05, 0) is 37.0 Å². The Labute approximate surface area is 163 Å². The smallest absolute Gasteiger partial charge is 0.243 e. The van der Waals surface area contributed by atoms with Gasteiger partial charge < -0.3 is 4.90 Å². The lowest BCUT2D eigenvalue weighted by Gasteiger charge is -2.34. The highest BCUT2D eigenvalue weighted by molar-refractivity contribution is 7.89. The molecule has 0 bridgehead atoms. The van der Waals surface area contributed by atoms with Gasteiger partial charge in [-0.1, -0.05) is 31.9 Å². The molecule has 0 spiro atoms. The molecule has 0 aliphatic carbocycles. The highest BCUT2D eigenvalue weighted by atomic mass is 32.2. The number of hydrogen-bond acceptors (Lipinski definition) is 4. The molecule has 2 fully saturated rings. The second-order valence-corrected chi connectivity index (χ2v) is 9.41. The molecule has 0 radical (unpaired) electrons. The molecule has 1 aromatic carbocycles. The Hall–Kier alpha value is -1.44. The summed E-state index contributed by atoms with van der Waals surface area (Å²) >= 11 is 0. The minimum absolute atomic E-state index is 0.184. The fraction of sp³-hybridized carbons (Fsp3) is 0.650. The molecule has 2 saturated heterocycles. The van der Waals surface area contributed by atoms with Crippen molar-refractivity contribution in [1.82, 2.24) is 14.1 Å². The molecule has 0 aromatic heterocycles. The summed E-state index contributed by atoms with van der Waals surface area (Å²) in [6, 6.07) is 7.15. The van der Waals surface area contributed by atoms with E-state index in [2.05, 4.69) is 11.8 Å². The molecule has 0 atom stereocenters. The maximum atomic E-state index is 12.8. The molecule has 2 heterocycles. The molecule has 1 amide bonds. The number of amides is 1. The first-order valence-corrected chi connectivity index (χ1v) is 11.5. The summed E-state index contributed by atoms with van der Waals surface area (Å²) in [6.07, 6.45) is 5.49. The third kappa shape index (κ3) is 5.09. The first kappa shape index (κ1) is 20.3. The molecule has 150 valence electrons. The molecule has 6 nitrogen and oxygen atoms in total. The van der Waals surface area contributed by atoms with Crippen LogP contribution in [0.4, 0.5) is 0 Å². The third-order valence-electron chi connectivity index (χ3n) is 5.62. The lowest BCUT2D eigenvalue weighted by molar-refractivity contribution is -0.132. The summed E-state index contributed by atoms with van der Waals surface area (Å²) in [5.74, 6) is 0.184. The van der Waals surface area contributed by atoms with Crippen molar-refractivity contribution in [1.29, 1.82) is 0 Å². The number of benzene rings is 1. The van der Waals surface area contributed by atoms with Crippen LogP contribution in [0.5, 0.6) is 0 Å². The topological polar surface area (TPSA) is 60.9 Å². The second kappa shape index (κ2) is 9.17. The molecule has 2 aliphatic heterocycles. The van der Waals surface area contributed by atoms with Gasteiger partial charge in [-0.25, -0.2) is 8.42 Å². The van der Waals surface area contributed by atoms with Crippen LogP contribution in [0.3, 0.4) is 0 Å². The van der Waals surface area contributed by atoms with Crippen LogP contribution in [-0.4, -0.2) is 74.2 Å². The fourth-order valence-corrected chi connectivity index (χ4v) is 5.21. The summed E-state index contributed by atoms with van der Waals surface area (Å²) in [6.45, 7) is 6.25. The number of piperazine rings is 1. The zero-order valence-electron chi connectivity index (χ0n) is 16.3. The van der Waals surface area contributed by atoms with Crippen molar-refractivity contribution in [3.63, 3.8) is 0 Å². The number of nitrogens with zero attached hydrogens (tertiary/aromatic N) is 3. The highest BCUT2D eigenvalue weighted by Gasteiger charge is 2.29. The Morgan fingerprint density at radius 2 is 1.48 bits per heavy atom. The largest absolute Gasteiger partial charge is 0.342 e. The number of hydrogen-bond donors (Lipinski definition) is 0. The normalized spacial score (nSPS) is 20.4. The van der Waals surface area contributed by atoms with Crippen molar-refractivity contribution >= 4 is 15.9 Å². The molecule has 3 rings (SSSR count). The van der Waals surface area contributed by atoms with Crippen LogP contribution in [0.25, 0.3) is 0 Å². The van der Waals surface area contributed by atoms with Gasteiger partial charge >= 0.3 is 0 Å². The quantitative estimate of drug-likeness (QED) is 0.767. The summed E-state index contributed by atoms with van der Waals surface area (Å²) in [7, 11) is -3.45. The van der Waals surface area contributed by atoms with E-state index in [1.807, 2.05) is 17.0 Å². The van der Waals surface area contributed by atoms with E-state index in [-0.39, 0.29) is 5.91 Å². The zero-order valence-corrected chi connectivity index (χ0v) is 17.1. The van der Waals surface area contributed by atoms with Crippen LogP contribution in [0.2, 0.25) is 0 Å². The lowest BCUT2D eigenvalue weighted by Crippen LogP contribution is -2.51. The predicted octanol–water partition coefficient (Wildman–Crippen LogP) is 1.96. The Kier molecular flexibility index (Phi) is 6.89. The Balaban J connectivity index is 1.53. The number of carbonyl (C=O) groups is 1. The molecule has 0 unspecified atom stereocenters. The first-order valence-electron chi connectivity index (χ1n) is 10.1. The third-order valence-corrected chi connectivity index (χ3v) is 7.53. The van der Waals surface area contributed by atoms with Crippen LogP contribution < -0.4 is 0 Å². The van der Waals surface area contributed by atoms with Crippen molar-refractivity contribution in [3.8, 4) is 0 Å². The van der Waals surface area contributed by atoms with Crippen LogP contribution in [0, 0.1) is 0 Å². The van der Waals surface area contributed by atoms with Gasteiger partial charge in [-0.2, -0.15) is 4.31 Å². The average molecular weight is 394 g/mol. The Morgan fingerprint density at radius 3 is 2.04 bits per heavy atom. The van der Waals surface area contributed by atoms with Gasteiger partial charge in [0.05, 0.1) is 11.4 Å². The van der Waals surface area contributed by atoms with Gasteiger partial charge in [0.15, 0.2) is 0 Å². The number of carbonyl (C=O) groups excluding carboxylic acids is 1. The summed E-state index contributed by atoms with van der Waals surface area (Å²) in [5.41, 5.74) is 1.13. The van der Waals surface area contributed by atoms with Crippen molar-refractivity contribution < 1.29 is 13.2 Å². The first-order chi connectivity index (χ1) is 13.0. The van der Waals surface area contributed by atoms with Crippen molar-refractivity contribution in [2.75, 3.05) is 45.8 Å². The molecule has 0 saturated carbocycles. The van der Waals surface area contributed by atoms with Gasteiger partial charge in [0, 0.05) is 39.3 Å². The average Bonchev–Trinajstić information content (AvgIpc) is 2.98. The zero-order chi connectivity index (χ0) is 19.3. The maximum absolute atomic E-state index is 12.8. The Bertz CT molecular complexity index is 717. The SMILES string of the molecule is CCc1ccc(S(=O)(=O)N2CCN(CC(=O)N3CCCCCC3)CC2)cc1. The van der Waals surface area contributed by atoms with E-state index in [9.17, 15) is 13.2 Å². The number of sulfonamides is 1. The molecule has 1 aromatic rings. The summed E-state index contributed by atoms with van der Waals surface area (Å²) in [5, 5.41) is 0. The van der Waals surface area contributed by atoms with E-state index in [1.54, 1.807) is 16.4 Å². The van der Waals surface area contributed by atoms with E-state index in [0.717, 1.165) is 37.9 Å². The minimum atomic E-state index is -3.45. The number of likely N-dealkylation sites (tertiary alicyclic amines) is 1. The molecular weight excluding hydrogens is 362 g/mol. The van der Waals surface area contributed by atoms with Crippen LogP contribution >= 0.6 is 0 Å².